The number of hydrogen-bond donors (Lipinski definition) is 0. The molecule has 0 amide bonds. The highest BCUT2D eigenvalue weighted by atomic mass is 35.5. The summed E-state index contributed by atoms with van der Waals surface area (Å²) in [4.78, 5) is 22.0. The number of aldehydes is 1. The standard InChI is InChI=1S/C15H15Cl2NO3/c1-9-6-11(4-5-19)15(18(20)21)12(7-9)10-2-3-13(16)14(17)8-10/h2-3,5-6,8,11-12,15H,4,7H2,1H3/t11-,12-,15+/m0/s1. The number of nitrogens with zero attached hydrogens (tertiary/aromatic N) is 1. The second kappa shape index (κ2) is 6.58. The zero-order valence-electron chi connectivity index (χ0n) is 11.5. The summed E-state index contributed by atoms with van der Waals surface area (Å²) < 4.78 is 0. The van der Waals surface area contributed by atoms with E-state index in [1.807, 2.05) is 13.0 Å². The van der Waals surface area contributed by atoms with Crippen LogP contribution in [0.3, 0.4) is 0 Å². The molecule has 0 radical (unpaired) electrons. The number of benzene rings is 1. The van der Waals surface area contributed by atoms with Crippen LogP contribution in [-0.4, -0.2) is 17.3 Å². The van der Waals surface area contributed by atoms with Crippen molar-refractivity contribution < 1.29 is 9.72 Å². The minimum atomic E-state index is -0.823. The third kappa shape index (κ3) is 3.44. The molecule has 1 aliphatic carbocycles. The third-order valence-electron chi connectivity index (χ3n) is 3.88. The molecular weight excluding hydrogens is 313 g/mol. The molecule has 0 unspecified atom stereocenters. The van der Waals surface area contributed by atoms with Crippen molar-refractivity contribution in [1.82, 2.24) is 0 Å². The van der Waals surface area contributed by atoms with Crippen molar-refractivity contribution in [3.63, 3.8) is 0 Å². The summed E-state index contributed by atoms with van der Waals surface area (Å²) in [5, 5.41) is 12.3. The lowest BCUT2D eigenvalue weighted by Gasteiger charge is -2.30. The number of nitro groups is 1. The molecule has 0 N–H and O–H groups in total. The molecule has 4 nitrogen and oxygen atoms in total. The monoisotopic (exact) mass is 327 g/mol. The van der Waals surface area contributed by atoms with Crippen molar-refractivity contribution in [3.8, 4) is 0 Å². The summed E-state index contributed by atoms with van der Waals surface area (Å²) >= 11 is 11.9. The van der Waals surface area contributed by atoms with Gasteiger partial charge in [-0.1, -0.05) is 40.9 Å². The van der Waals surface area contributed by atoms with Crippen molar-refractivity contribution in [2.24, 2.45) is 5.92 Å². The molecule has 0 heterocycles. The molecule has 0 saturated carbocycles. The summed E-state index contributed by atoms with van der Waals surface area (Å²) in [6.45, 7) is 1.93. The Kier molecular flexibility index (Phi) is 5.01. The Morgan fingerprint density at radius 1 is 1.38 bits per heavy atom. The Bertz CT molecular complexity index is 601. The predicted octanol–water partition coefficient (Wildman–Crippen LogP) is 4.28. The molecule has 0 aromatic heterocycles. The lowest BCUT2D eigenvalue weighted by molar-refractivity contribution is -0.534. The Morgan fingerprint density at radius 2 is 2.10 bits per heavy atom. The van der Waals surface area contributed by atoms with Crippen molar-refractivity contribution in [2.75, 3.05) is 0 Å². The van der Waals surface area contributed by atoms with E-state index >= 15 is 0 Å². The maximum atomic E-state index is 11.5. The molecule has 6 heteroatoms. The topological polar surface area (TPSA) is 60.2 Å². The number of rotatable bonds is 4. The smallest absolute Gasteiger partial charge is 0.226 e. The Balaban J connectivity index is 2.44. The van der Waals surface area contributed by atoms with Crippen LogP contribution in [0.15, 0.2) is 29.8 Å². The average molecular weight is 328 g/mol. The van der Waals surface area contributed by atoms with Crippen LogP contribution in [0.4, 0.5) is 0 Å². The van der Waals surface area contributed by atoms with Gasteiger partial charge in [-0.3, -0.25) is 10.1 Å². The van der Waals surface area contributed by atoms with Crippen LogP contribution in [-0.2, 0) is 4.79 Å². The van der Waals surface area contributed by atoms with E-state index in [1.165, 1.54) is 0 Å². The van der Waals surface area contributed by atoms with Gasteiger partial charge in [0.2, 0.25) is 6.04 Å². The van der Waals surface area contributed by atoms with Crippen molar-refractivity contribution in [1.29, 1.82) is 0 Å². The van der Waals surface area contributed by atoms with Crippen molar-refractivity contribution >= 4 is 29.5 Å². The molecule has 112 valence electrons. The number of carbonyl (C=O) groups excluding carboxylic acids is 1. The van der Waals surface area contributed by atoms with Gasteiger partial charge in [0.05, 0.1) is 21.9 Å². The predicted molar refractivity (Wildman–Crippen MR) is 82.5 cm³/mol. The SMILES string of the molecule is CC1=C[C@H](CC=O)[C@@H]([N+](=O)[O-])[C@H](c2ccc(Cl)c(Cl)c2)C1. The first-order chi connectivity index (χ1) is 9.93. The fourth-order valence-corrected chi connectivity index (χ4v) is 3.28. The van der Waals surface area contributed by atoms with E-state index in [-0.39, 0.29) is 23.2 Å². The maximum absolute atomic E-state index is 11.5. The van der Waals surface area contributed by atoms with Crippen LogP contribution < -0.4 is 0 Å². The highest BCUT2D eigenvalue weighted by molar-refractivity contribution is 6.42. The fraction of sp³-hybridized carbons (Fsp3) is 0.400. The lowest BCUT2D eigenvalue weighted by atomic mass is 9.74. The van der Waals surface area contributed by atoms with Crippen molar-refractivity contribution in [2.45, 2.75) is 31.7 Å². The zero-order valence-corrected chi connectivity index (χ0v) is 13.0. The van der Waals surface area contributed by atoms with Crippen LogP contribution in [0.2, 0.25) is 10.0 Å². The van der Waals surface area contributed by atoms with Gasteiger partial charge in [-0.15, -0.1) is 0 Å². The number of carbonyl (C=O) groups is 1. The fourth-order valence-electron chi connectivity index (χ4n) is 2.98. The Hall–Kier alpha value is -1.39. The Labute approximate surface area is 132 Å². The summed E-state index contributed by atoms with van der Waals surface area (Å²) in [6, 6.07) is 4.28. The molecule has 0 bridgehead atoms. The first kappa shape index (κ1) is 16.0. The van der Waals surface area contributed by atoms with Crippen LogP contribution >= 0.6 is 23.2 Å². The van der Waals surface area contributed by atoms with Crippen LogP contribution in [0.1, 0.15) is 31.2 Å². The van der Waals surface area contributed by atoms with E-state index in [4.69, 9.17) is 23.2 Å². The van der Waals surface area contributed by atoms with Gasteiger partial charge >= 0.3 is 0 Å². The minimum Gasteiger partial charge on any atom is -0.303 e. The quantitative estimate of drug-likeness (QED) is 0.359. The molecule has 1 aromatic rings. The summed E-state index contributed by atoms with van der Waals surface area (Å²) in [7, 11) is 0. The first-order valence-corrected chi connectivity index (χ1v) is 7.39. The summed E-state index contributed by atoms with van der Waals surface area (Å²) in [5.74, 6) is -0.685. The van der Waals surface area contributed by atoms with Gasteiger partial charge in [0.15, 0.2) is 0 Å². The van der Waals surface area contributed by atoms with E-state index in [2.05, 4.69) is 0 Å². The first-order valence-electron chi connectivity index (χ1n) is 6.63. The molecule has 3 atom stereocenters. The van der Waals surface area contributed by atoms with Crippen molar-refractivity contribution in [3.05, 3.63) is 55.6 Å². The largest absolute Gasteiger partial charge is 0.303 e. The number of allylic oxidation sites excluding steroid dienone is 1. The van der Waals surface area contributed by atoms with Gasteiger partial charge in [0, 0.05) is 11.3 Å². The van der Waals surface area contributed by atoms with Gasteiger partial charge in [0.25, 0.3) is 0 Å². The van der Waals surface area contributed by atoms with Gasteiger partial charge in [0.1, 0.15) is 6.29 Å². The van der Waals surface area contributed by atoms with E-state index in [1.54, 1.807) is 18.2 Å². The van der Waals surface area contributed by atoms with Crippen LogP contribution in [0, 0.1) is 16.0 Å². The normalized spacial score (nSPS) is 25.3. The molecular formula is C15H15Cl2NO3. The highest BCUT2D eigenvalue weighted by Crippen LogP contribution is 2.40. The summed E-state index contributed by atoms with van der Waals surface area (Å²) in [5.41, 5.74) is 1.84. The molecule has 2 rings (SSSR count). The molecule has 0 aliphatic heterocycles. The van der Waals surface area contributed by atoms with Gasteiger partial charge in [-0.05, 0) is 31.0 Å². The molecule has 21 heavy (non-hydrogen) atoms. The highest BCUT2D eigenvalue weighted by Gasteiger charge is 2.41. The van der Waals surface area contributed by atoms with E-state index < -0.39 is 6.04 Å². The maximum Gasteiger partial charge on any atom is 0.226 e. The summed E-state index contributed by atoms with van der Waals surface area (Å²) in [6.07, 6.45) is 3.32. The van der Waals surface area contributed by atoms with Gasteiger partial charge in [-0.25, -0.2) is 0 Å². The number of hydrogen-bond acceptors (Lipinski definition) is 3. The van der Waals surface area contributed by atoms with Gasteiger partial charge < -0.3 is 4.79 Å². The molecule has 0 saturated heterocycles. The van der Waals surface area contributed by atoms with E-state index in [9.17, 15) is 14.9 Å². The van der Waals surface area contributed by atoms with Crippen LogP contribution in [0.25, 0.3) is 0 Å². The average Bonchev–Trinajstić information content (AvgIpc) is 2.41. The molecule has 1 aliphatic rings. The van der Waals surface area contributed by atoms with Gasteiger partial charge in [-0.2, -0.15) is 0 Å². The lowest BCUT2D eigenvalue weighted by Crippen LogP contribution is -2.37. The third-order valence-corrected chi connectivity index (χ3v) is 4.61. The van der Waals surface area contributed by atoms with E-state index in [0.29, 0.717) is 16.5 Å². The number of halogens is 2. The zero-order chi connectivity index (χ0) is 15.6. The van der Waals surface area contributed by atoms with Crippen LogP contribution in [0.5, 0.6) is 0 Å². The molecule has 0 fully saturated rings. The minimum absolute atomic E-state index is 0.154. The van der Waals surface area contributed by atoms with E-state index in [0.717, 1.165) is 17.4 Å². The second-order valence-electron chi connectivity index (χ2n) is 5.34. The second-order valence-corrected chi connectivity index (χ2v) is 6.15. The Morgan fingerprint density at radius 3 is 2.67 bits per heavy atom. The molecule has 0 spiro atoms. The molecule has 1 aromatic carbocycles.